The molecule has 0 saturated heterocycles. The lowest BCUT2D eigenvalue weighted by molar-refractivity contribution is 0.543. The van der Waals surface area contributed by atoms with Gasteiger partial charge in [0.1, 0.15) is 0 Å². The molecular weight excluding hydrogens is 206 g/mol. The van der Waals surface area contributed by atoms with Gasteiger partial charge in [-0.05, 0) is 50.4 Å². The van der Waals surface area contributed by atoms with Gasteiger partial charge in [0.25, 0.3) is 0 Å². The molecule has 15 heavy (non-hydrogen) atoms. The zero-order valence-electron chi connectivity index (χ0n) is 9.81. The molecule has 0 heterocycles. The summed E-state index contributed by atoms with van der Waals surface area (Å²) in [6, 6.07) is 6.80. The van der Waals surface area contributed by atoms with Crippen LogP contribution in [-0.2, 0) is 6.42 Å². The summed E-state index contributed by atoms with van der Waals surface area (Å²) in [6.07, 6.45) is 2.25. The minimum absolute atomic E-state index is 0.533. The van der Waals surface area contributed by atoms with Gasteiger partial charge in [0.15, 0.2) is 0 Å². The van der Waals surface area contributed by atoms with Crippen LogP contribution >= 0.6 is 11.6 Å². The van der Waals surface area contributed by atoms with Gasteiger partial charge in [-0.15, -0.1) is 0 Å². The first-order chi connectivity index (χ1) is 7.13. The topological polar surface area (TPSA) is 12.0 Å². The fourth-order valence-corrected chi connectivity index (χ4v) is 1.77. The van der Waals surface area contributed by atoms with Gasteiger partial charge in [0.2, 0.25) is 0 Å². The molecular formula is C13H20ClN. The maximum absolute atomic E-state index is 5.99. The number of aryl methyl sites for hydroxylation is 1. The van der Waals surface area contributed by atoms with Gasteiger partial charge in [-0.1, -0.05) is 30.7 Å². The maximum Gasteiger partial charge on any atom is 0.0435 e. The molecule has 1 atom stereocenters. The third kappa shape index (κ3) is 4.23. The molecule has 2 heteroatoms. The van der Waals surface area contributed by atoms with E-state index < -0.39 is 0 Å². The Morgan fingerprint density at radius 3 is 2.73 bits per heavy atom. The molecule has 0 amide bonds. The lowest BCUT2D eigenvalue weighted by Gasteiger charge is -2.13. The van der Waals surface area contributed by atoms with Gasteiger partial charge in [0.05, 0.1) is 0 Å². The van der Waals surface area contributed by atoms with E-state index in [2.05, 4.69) is 38.2 Å². The van der Waals surface area contributed by atoms with Crippen molar-refractivity contribution in [3.63, 3.8) is 0 Å². The summed E-state index contributed by atoms with van der Waals surface area (Å²) in [5, 5.41) is 4.34. The van der Waals surface area contributed by atoms with Crippen LogP contribution in [0.5, 0.6) is 0 Å². The average molecular weight is 226 g/mol. The van der Waals surface area contributed by atoms with E-state index in [1.165, 1.54) is 12.0 Å². The van der Waals surface area contributed by atoms with Crippen molar-refractivity contribution in [1.29, 1.82) is 0 Å². The Hall–Kier alpha value is -0.530. The highest BCUT2D eigenvalue weighted by molar-refractivity contribution is 6.31. The van der Waals surface area contributed by atoms with Gasteiger partial charge in [-0.3, -0.25) is 0 Å². The van der Waals surface area contributed by atoms with Crippen molar-refractivity contribution >= 4 is 11.6 Å². The molecule has 1 nitrogen and oxygen atoms in total. The molecule has 0 aliphatic rings. The molecule has 0 aliphatic heterocycles. The number of benzene rings is 1. The first kappa shape index (κ1) is 12.5. The van der Waals surface area contributed by atoms with Crippen LogP contribution in [0, 0.1) is 6.92 Å². The van der Waals surface area contributed by atoms with Crippen LogP contribution in [0.15, 0.2) is 18.2 Å². The van der Waals surface area contributed by atoms with Crippen LogP contribution in [0.25, 0.3) is 0 Å². The Kier molecular flexibility index (Phi) is 5.13. The molecule has 0 aliphatic carbocycles. The molecule has 0 fully saturated rings. The Balaban J connectivity index is 2.53. The summed E-state index contributed by atoms with van der Waals surface area (Å²) in [5.41, 5.74) is 2.52. The van der Waals surface area contributed by atoms with Crippen LogP contribution < -0.4 is 5.32 Å². The second-order valence-electron chi connectivity index (χ2n) is 4.14. The summed E-state index contributed by atoms with van der Waals surface area (Å²) in [5.74, 6) is 0. The second kappa shape index (κ2) is 6.14. The number of nitrogens with one attached hydrogen (secondary N) is 1. The highest BCUT2D eigenvalue weighted by Crippen LogP contribution is 2.17. The Morgan fingerprint density at radius 1 is 1.40 bits per heavy atom. The van der Waals surface area contributed by atoms with E-state index in [-0.39, 0.29) is 0 Å². The van der Waals surface area contributed by atoms with Gasteiger partial charge in [0, 0.05) is 11.1 Å². The lowest BCUT2D eigenvalue weighted by Crippen LogP contribution is -2.28. The number of hydrogen-bond acceptors (Lipinski definition) is 1. The van der Waals surface area contributed by atoms with Crippen LogP contribution in [0.2, 0.25) is 5.02 Å². The third-order valence-corrected chi connectivity index (χ3v) is 2.93. The number of halogens is 1. The monoisotopic (exact) mass is 225 g/mol. The summed E-state index contributed by atoms with van der Waals surface area (Å²) >= 11 is 5.99. The van der Waals surface area contributed by atoms with Crippen LogP contribution in [0.3, 0.4) is 0 Å². The summed E-state index contributed by atoms with van der Waals surface area (Å²) in [7, 11) is 0. The molecule has 1 N–H and O–H groups in total. The molecule has 0 aromatic heterocycles. The average Bonchev–Trinajstić information content (AvgIpc) is 2.20. The molecule has 0 radical (unpaired) electrons. The van der Waals surface area contributed by atoms with E-state index in [4.69, 9.17) is 11.6 Å². The predicted octanol–water partition coefficient (Wildman–Crippen LogP) is 3.58. The molecule has 0 saturated carbocycles. The van der Waals surface area contributed by atoms with E-state index in [1.807, 2.05) is 6.07 Å². The number of hydrogen-bond donors (Lipinski definition) is 1. The minimum atomic E-state index is 0.533. The zero-order chi connectivity index (χ0) is 11.3. The number of rotatable bonds is 5. The van der Waals surface area contributed by atoms with Crippen molar-refractivity contribution in [3.8, 4) is 0 Å². The fraction of sp³-hybridized carbons (Fsp3) is 0.538. The first-order valence-electron chi connectivity index (χ1n) is 5.62. The second-order valence-corrected chi connectivity index (χ2v) is 4.55. The Labute approximate surface area is 97.8 Å². The summed E-state index contributed by atoms with van der Waals surface area (Å²) < 4.78 is 0. The summed E-state index contributed by atoms with van der Waals surface area (Å²) in [6.45, 7) is 7.55. The van der Waals surface area contributed by atoms with Gasteiger partial charge in [-0.25, -0.2) is 0 Å². The van der Waals surface area contributed by atoms with E-state index in [9.17, 15) is 0 Å². The molecule has 1 rings (SSSR count). The predicted molar refractivity (Wildman–Crippen MR) is 67.6 cm³/mol. The van der Waals surface area contributed by atoms with Crippen molar-refractivity contribution < 1.29 is 0 Å². The van der Waals surface area contributed by atoms with Gasteiger partial charge < -0.3 is 5.32 Å². The fourth-order valence-electron chi connectivity index (χ4n) is 1.65. The van der Waals surface area contributed by atoms with Crippen molar-refractivity contribution in [2.24, 2.45) is 0 Å². The van der Waals surface area contributed by atoms with E-state index in [1.54, 1.807) is 0 Å². The molecule has 1 aromatic rings. The maximum atomic E-state index is 5.99. The van der Waals surface area contributed by atoms with E-state index in [0.29, 0.717) is 6.04 Å². The largest absolute Gasteiger partial charge is 0.314 e. The molecule has 84 valence electrons. The quantitative estimate of drug-likeness (QED) is 0.808. The minimum Gasteiger partial charge on any atom is -0.314 e. The normalized spacial score (nSPS) is 12.8. The van der Waals surface area contributed by atoms with Crippen LogP contribution in [-0.4, -0.2) is 12.6 Å². The van der Waals surface area contributed by atoms with Crippen molar-refractivity contribution in [3.05, 3.63) is 34.3 Å². The highest BCUT2D eigenvalue weighted by Gasteiger charge is 2.03. The molecule has 0 bridgehead atoms. The smallest absolute Gasteiger partial charge is 0.0435 e. The molecule has 1 unspecified atom stereocenters. The summed E-state index contributed by atoms with van der Waals surface area (Å²) in [4.78, 5) is 0. The van der Waals surface area contributed by atoms with Gasteiger partial charge >= 0.3 is 0 Å². The van der Waals surface area contributed by atoms with Crippen molar-refractivity contribution in [2.45, 2.75) is 39.7 Å². The van der Waals surface area contributed by atoms with Crippen LogP contribution in [0.1, 0.15) is 31.4 Å². The van der Waals surface area contributed by atoms with Gasteiger partial charge in [-0.2, -0.15) is 0 Å². The van der Waals surface area contributed by atoms with E-state index >= 15 is 0 Å². The molecule has 1 aromatic carbocycles. The Morgan fingerprint density at radius 2 is 2.13 bits per heavy atom. The SMILES string of the molecule is CCCNC(C)Cc1ccc(Cl)c(C)c1. The van der Waals surface area contributed by atoms with E-state index in [0.717, 1.165) is 23.6 Å². The zero-order valence-corrected chi connectivity index (χ0v) is 10.6. The molecule has 0 spiro atoms. The standard InChI is InChI=1S/C13H20ClN/c1-4-7-15-11(3)9-12-5-6-13(14)10(2)8-12/h5-6,8,11,15H,4,7,9H2,1-3H3. The highest BCUT2D eigenvalue weighted by atomic mass is 35.5. The lowest BCUT2D eigenvalue weighted by atomic mass is 10.0. The first-order valence-corrected chi connectivity index (χ1v) is 5.99. The third-order valence-electron chi connectivity index (χ3n) is 2.51. The Bertz CT molecular complexity index is 309. The van der Waals surface area contributed by atoms with Crippen molar-refractivity contribution in [2.75, 3.05) is 6.54 Å². The van der Waals surface area contributed by atoms with Crippen LogP contribution in [0.4, 0.5) is 0 Å². The van der Waals surface area contributed by atoms with Crippen molar-refractivity contribution in [1.82, 2.24) is 5.32 Å².